The zero-order valence-corrected chi connectivity index (χ0v) is 16.7. The van der Waals surface area contributed by atoms with Crippen molar-refractivity contribution in [2.24, 2.45) is 0 Å². The summed E-state index contributed by atoms with van der Waals surface area (Å²) in [6.45, 7) is 11.2. The summed E-state index contributed by atoms with van der Waals surface area (Å²) in [5, 5.41) is 3.58. The molecular formula is C22H29N3O2. The van der Waals surface area contributed by atoms with E-state index in [1.807, 2.05) is 24.4 Å². The first-order valence-corrected chi connectivity index (χ1v) is 9.76. The SMILES string of the molecule is CC[C@]1(C)CN(c2ccc(Oc3cccc4c3CC(C)(C)OC4)nc2)CN1. The smallest absolute Gasteiger partial charge is 0.219 e. The summed E-state index contributed by atoms with van der Waals surface area (Å²) in [5.41, 5.74) is 3.55. The molecule has 1 N–H and O–H groups in total. The molecule has 0 spiro atoms. The molecule has 1 fully saturated rings. The molecule has 0 radical (unpaired) electrons. The lowest BCUT2D eigenvalue weighted by Gasteiger charge is -2.32. The highest BCUT2D eigenvalue weighted by Gasteiger charge is 2.31. The summed E-state index contributed by atoms with van der Waals surface area (Å²) >= 11 is 0. The third-order valence-corrected chi connectivity index (χ3v) is 5.77. The second kappa shape index (κ2) is 6.80. The Balaban J connectivity index is 1.50. The average Bonchev–Trinajstić information content (AvgIpc) is 3.05. The number of fused-ring (bicyclic) bond motifs is 1. The van der Waals surface area contributed by atoms with Crippen molar-refractivity contribution in [3.8, 4) is 11.6 Å². The van der Waals surface area contributed by atoms with E-state index in [-0.39, 0.29) is 11.1 Å². The van der Waals surface area contributed by atoms with Gasteiger partial charge in [-0.15, -0.1) is 0 Å². The normalized spacial score (nSPS) is 23.9. The molecule has 0 aliphatic carbocycles. The molecule has 1 aromatic heterocycles. The largest absolute Gasteiger partial charge is 0.439 e. The molecule has 0 amide bonds. The molecule has 0 unspecified atom stereocenters. The second-order valence-electron chi connectivity index (χ2n) is 8.52. The van der Waals surface area contributed by atoms with Crippen LogP contribution in [0.25, 0.3) is 0 Å². The highest BCUT2D eigenvalue weighted by molar-refractivity contribution is 5.48. The van der Waals surface area contributed by atoms with Crippen LogP contribution in [0.3, 0.4) is 0 Å². The van der Waals surface area contributed by atoms with Gasteiger partial charge in [-0.1, -0.05) is 19.1 Å². The van der Waals surface area contributed by atoms with Crippen molar-refractivity contribution in [1.82, 2.24) is 10.3 Å². The zero-order valence-electron chi connectivity index (χ0n) is 16.7. The van der Waals surface area contributed by atoms with Crippen LogP contribution in [0.1, 0.15) is 45.2 Å². The fourth-order valence-corrected chi connectivity index (χ4v) is 3.76. The van der Waals surface area contributed by atoms with Gasteiger partial charge in [0.15, 0.2) is 0 Å². The van der Waals surface area contributed by atoms with Crippen LogP contribution in [-0.2, 0) is 17.8 Å². The number of nitrogens with one attached hydrogen (secondary N) is 1. The molecule has 0 bridgehead atoms. The van der Waals surface area contributed by atoms with Gasteiger partial charge in [0.25, 0.3) is 0 Å². The molecule has 27 heavy (non-hydrogen) atoms. The van der Waals surface area contributed by atoms with Crippen molar-refractivity contribution < 1.29 is 9.47 Å². The van der Waals surface area contributed by atoms with Crippen LogP contribution in [0.5, 0.6) is 11.6 Å². The number of pyridine rings is 1. The van der Waals surface area contributed by atoms with Gasteiger partial charge in [0.1, 0.15) is 5.75 Å². The van der Waals surface area contributed by atoms with E-state index in [0.717, 1.165) is 37.5 Å². The molecule has 1 saturated heterocycles. The lowest BCUT2D eigenvalue weighted by Crippen LogP contribution is -2.38. The first-order chi connectivity index (χ1) is 12.9. The minimum absolute atomic E-state index is 0.168. The topological polar surface area (TPSA) is 46.6 Å². The van der Waals surface area contributed by atoms with Crippen LogP contribution in [0.2, 0.25) is 0 Å². The van der Waals surface area contributed by atoms with Crippen molar-refractivity contribution >= 4 is 5.69 Å². The number of hydrogen-bond donors (Lipinski definition) is 1. The fraction of sp³-hybridized carbons (Fsp3) is 0.500. The minimum atomic E-state index is -0.168. The number of anilines is 1. The van der Waals surface area contributed by atoms with Gasteiger partial charge in [-0.3, -0.25) is 5.32 Å². The van der Waals surface area contributed by atoms with Crippen LogP contribution in [-0.4, -0.2) is 29.3 Å². The van der Waals surface area contributed by atoms with Crippen LogP contribution in [0.15, 0.2) is 36.5 Å². The van der Waals surface area contributed by atoms with Crippen molar-refractivity contribution in [1.29, 1.82) is 0 Å². The maximum Gasteiger partial charge on any atom is 0.219 e. The summed E-state index contributed by atoms with van der Waals surface area (Å²) < 4.78 is 12.1. The Morgan fingerprint density at radius 1 is 1.22 bits per heavy atom. The Bertz CT molecular complexity index is 819. The maximum atomic E-state index is 6.15. The third kappa shape index (κ3) is 3.80. The Labute approximate surface area is 161 Å². The molecule has 3 heterocycles. The first-order valence-electron chi connectivity index (χ1n) is 9.76. The van der Waals surface area contributed by atoms with Crippen molar-refractivity contribution in [3.05, 3.63) is 47.7 Å². The molecule has 1 aromatic carbocycles. The standard InChI is InChI=1S/C22H29N3O2/c1-5-22(4)14-25(15-24-22)17-9-10-20(23-12-17)27-19-8-6-7-16-13-26-21(2,3)11-18(16)19/h6-10,12,24H,5,11,13-15H2,1-4H3/t22-/m1/s1. The summed E-state index contributed by atoms with van der Waals surface area (Å²) in [5.74, 6) is 1.51. The van der Waals surface area contributed by atoms with Gasteiger partial charge >= 0.3 is 0 Å². The van der Waals surface area contributed by atoms with E-state index >= 15 is 0 Å². The summed E-state index contributed by atoms with van der Waals surface area (Å²) in [7, 11) is 0. The summed E-state index contributed by atoms with van der Waals surface area (Å²) in [6, 6.07) is 10.2. The molecule has 5 nitrogen and oxygen atoms in total. The van der Waals surface area contributed by atoms with Gasteiger partial charge in [-0.25, -0.2) is 4.98 Å². The summed E-state index contributed by atoms with van der Waals surface area (Å²) in [6.07, 6.45) is 3.85. The van der Waals surface area contributed by atoms with Crippen molar-refractivity contribution in [2.45, 2.75) is 58.3 Å². The predicted octanol–water partition coefficient (Wildman–Crippen LogP) is 4.26. The Morgan fingerprint density at radius 3 is 2.78 bits per heavy atom. The van der Waals surface area contributed by atoms with Gasteiger partial charge in [-0.2, -0.15) is 0 Å². The van der Waals surface area contributed by atoms with E-state index in [9.17, 15) is 0 Å². The molecule has 2 aromatic rings. The number of nitrogens with zero attached hydrogens (tertiary/aromatic N) is 2. The van der Waals surface area contributed by atoms with E-state index in [0.29, 0.717) is 12.5 Å². The second-order valence-corrected chi connectivity index (χ2v) is 8.52. The van der Waals surface area contributed by atoms with Gasteiger partial charge in [-0.05, 0) is 44.9 Å². The zero-order chi connectivity index (χ0) is 19.1. The number of hydrogen-bond acceptors (Lipinski definition) is 5. The highest BCUT2D eigenvalue weighted by atomic mass is 16.5. The van der Waals surface area contributed by atoms with Crippen LogP contribution in [0.4, 0.5) is 5.69 Å². The fourth-order valence-electron chi connectivity index (χ4n) is 3.76. The van der Waals surface area contributed by atoms with E-state index < -0.39 is 0 Å². The quantitative estimate of drug-likeness (QED) is 0.875. The van der Waals surface area contributed by atoms with Gasteiger partial charge in [0.05, 0.1) is 30.8 Å². The van der Waals surface area contributed by atoms with Crippen molar-refractivity contribution in [2.75, 3.05) is 18.1 Å². The lowest BCUT2D eigenvalue weighted by atomic mass is 9.91. The minimum Gasteiger partial charge on any atom is -0.439 e. The Morgan fingerprint density at radius 2 is 2.07 bits per heavy atom. The van der Waals surface area contributed by atoms with E-state index in [1.54, 1.807) is 0 Å². The molecule has 4 rings (SSSR count). The molecule has 5 heteroatoms. The van der Waals surface area contributed by atoms with E-state index in [1.165, 1.54) is 11.1 Å². The van der Waals surface area contributed by atoms with E-state index in [4.69, 9.17) is 9.47 Å². The van der Waals surface area contributed by atoms with E-state index in [2.05, 4.69) is 55.0 Å². The monoisotopic (exact) mass is 367 g/mol. The number of ether oxygens (including phenoxy) is 2. The number of benzene rings is 1. The first kappa shape index (κ1) is 18.3. The molecule has 144 valence electrons. The average molecular weight is 367 g/mol. The van der Waals surface area contributed by atoms with Gasteiger partial charge in [0, 0.05) is 30.1 Å². The lowest BCUT2D eigenvalue weighted by molar-refractivity contribution is -0.0405. The number of rotatable bonds is 4. The molecular weight excluding hydrogens is 338 g/mol. The summed E-state index contributed by atoms with van der Waals surface area (Å²) in [4.78, 5) is 6.88. The van der Waals surface area contributed by atoms with Crippen molar-refractivity contribution in [3.63, 3.8) is 0 Å². The molecule has 1 atom stereocenters. The van der Waals surface area contributed by atoms with Crippen LogP contribution < -0.4 is 15.0 Å². The van der Waals surface area contributed by atoms with Gasteiger partial charge in [0.2, 0.25) is 5.88 Å². The Hall–Kier alpha value is -2.11. The van der Waals surface area contributed by atoms with Gasteiger partial charge < -0.3 is 14.4 Å². The Kier molecular flexibility index (Phi) is 4.60. The predicted molar refractivity (Wildman–Crippen MR) is 107 cm³/mol. The maximum absolute atomic E-state index is 6.15. The van der Waals surface area contributed by atoms with Crippen LogP contribution >= 0.6 is 0 Å². The number of aromatic nitrogens is 1. The molecule has 2 aliphatic heterocycles. The molecule has 0 saturated carbocycles. The highest BCUT2D eigenvalue weighted by Crippen LogP contribution is 2.35. The van der Waals surface area contributed by atoms with Crippen LogP contribution in [0, 0.1) is 0 Å². The molecule has 2 aliphatic rings. The third-order valence-electron chi connectivity index (χ3n) is 5.77.